The van der Waals surface area contributed by atoms with Crippen LogP contribution in [0, 0.1) is 0 Å². The van der Waals surface area contributed by atoms with E-state index in [2.05, 4.69) is 24.3 Å². The van der Waals surface area contributed by atoms with Crippen molar-refractivity contribution in [3.63, 3.8) is 0 Å². The molecule has 3 nitrogen and oxygen atoms in total. The minimum absolute atomic E-state index is 0.235. The number of ether oxygens (including phenoxy) is 1. The van der Waals surface area contributed by atoms with Gasteiger partial charge < -0.3 is 15.0 Å². The molecule has 20 heavy (non-hydrogen) atoms. The van der Waals surface area contributed by atoms with Crippen molar-refractivity contribution in [1.82, 2.24) is 10.2 Å². The Morgan fingerprint density at radius 3 is 2.40 bits per heavy atom. The van der Waals surface area contributed by atoms with Crippen molar-refractivity contribution in [1.29, 1.82) is 0 Å². The first kappa shape index (κ1) is 14.8. The van der Waals surface area contributed by atoms with E-state index in [9.17, 15) is 0 Å². The highest BCUT2D eigenvalue weighted by Gasteiger charge is 2.42. The van der Waals surface area contributed by atoms with Gasteiger partial charge in [-0.1, -0.05) is 19.3 Å². The number of hydrogen-bond donors (Lipinski definition) is 1. The molecule has 1 atom stereocenters. The zero-order valence-electron chi connectivity index (χ0n) is 13.4. The molecule has 2 saturated carbocycles. The van der Waals surface area contributed by atoms with Crippen LogP contribution < -0.4 is 5.32 Å². The lowest BCUT2D eigenvalue weighted by molar-refractivity contribution is -0.110. The van der Waals surface area contributed by atoms with Crippen LogP contribution in [0.5, 0.6) is 0 Å². The molecule has 0 radical (unpaired) electrons. The smallest absolute Gasteiger partial charge is 0.0697 e. The molecule has 116 valence electrons. The summed E-state index contributed by atoms with van der Waals surface area (Å²) in [5.74, 6) is 0. The highest BCUT2D eigenvalue weighted by Crippen LogP contribution is 2.39. The highest BCUT2D eigenvalue weighted by molar-refractivity contribution is 4.99. The Labute approximate surface area is 124 Å². The Kier molecular flexibility index (Phi) is 4.40. The third-order valence-electron chi connectivity index (χ3n) is 6.21. The summed E-state index contributed by atoms with van der Waals surface area (Å²) in [5, 5.41) is 3.90. The van der Waals surface area contributed by atoms with Crippen molar-refractivity contribution >= 4 is 0 Å². The molecule has 0 aromatic heterocycles. The van der Waals surface area contributed by atoms with Crippen molar-refractivity contribution in [2.24, 2.45) is 0 Å². The summed E-state index contributed by atoms with van der Waals surface area (Å²) >= 11 is 0. The Hall–Kier alpha value is -0.120. The molecule has 0 bridgehead atoms. The fourth-order valence-electron chi connectivity index (χ4n) is 4.45. The summed E-state index contributed by atoms with van der Waals surface area (Å²) in [6, 6.07) is 0.680. The Bertz CT molecular complexity index is 313. The number of likely N-dealkylation sites (N-methyl/N-ethyl adjacent to an activating group) is 1. The standard InChI is InChI=1S/C17H32N2O/c1-19(2)16(8-6-9-16)14-18-15-7-12-20-17(13-15)10-4-3-5-11-17/h15,18H,3-14H2,1-2H3. The lowest BCUT2D eigenvalue weighted by Gasteiger charge is -2.49. The first-order chi connectivity index (χ1) is 9.64. The quantitative estimate of drug-likeness (QED) is 0.857. The van der Waals surface area contributed by atoms with Gasteiger partial charge in [0.25, 0.3) is 0 Å². The number of hydrogen-bond acceptors (Lipinski definition) is 3. The van der Waals surface area contributed by atoms with Gasteiger partial charge in [0, 0.05) is 24.7 Å². The molecule has 3 rings (SSSR count). The Morgan fingerprint density at radius 2 is 1.80 bits per heavy atom. The van der Waals surface area contributed by atoms with E-state index in [1.165, 1.54) is 70.8 Å². The summed E-state index contributed by atoms with van der Waals surface area (Å²) < 4.78 is 6.21. The molecule has 2 aliphatic carbocycles. The summed E-state index contributed by atoms with van der Waals surface area (Å²) in [4.78, 5) is 2.44. The predicted molar refractivity (Wildman–Crippen MR) is 83.1 cm³/mol. The minimum atomic E-state index is 0.235. The van der Waals surface area contributed by atoms with Gasteiger partial charge in [-0.3, -0.25) is 0 Å². The molecule has 1 saturated heterocycles. The molecule has 1 N–H and O–H groups in total. The molecule has 1 heterocycles. The van der Waals surface area contributed by atoms with Gasteiger partial charge in [-0.15, -0.1) is 0 Å². The van der Waals surface area contributed by atoms with Crippen molar-refractivity contribution in [2.75, 3.05) is 27.2 Å². The predicted octanol–water partition coefficient (Wildman–Crippen LogP) is 2.94. The van der Waals surface area contributed by atoms with Crippen LogP contribution in [0.15, 0.2) is 0 Å². The second-order valence-corrected chi connectivity index (χ2v) is 7.64. The highest BCUT2D eigenvalue weighted by atomic mass is 16.5. The van der Waals surface area contributed by atoms with E-state index < -0.39 is 0 Å². The first-order valence-electron chi connectivity index (χ1n) is 8.69. The SMILES string of the molecule is CN(C)C1(CNC2CCOC3(CCCCC3)C2)CCC1. The normalized spacial score (nSPS) is 32.2. The first-order valence-corrected chi connectivity index (χ1v) is 8.69. The van der Waals surface area contributed by atoms with Crippen LogP contribution in [-0.4, -0.2) is 49.3 Å². The molecule has 3 heteroatoms. The van der Waals surface area contributed by atoms with Gasteiger partial charge in [0.2, 0.25) is 0 Å². The van der Waals surface area contributed by atoms with E-state index in [0.717, 1.165) is 6.61 Å². The zero-order valence-corrected chi connectivity index (χ0v) is 13.4. The third-order valence-corrected chi connectivity index (χ3v) is 6.21. The molecule has 3 aliphatic rings. The number of rotatable bonds is 4. The average molecular weight is 280 g/mol. The van der Waals surface area contributed by atoms with E-state index in [1.54, 1.807) is 0 Å². The van der Waals surface area contributed by atoms with Gasteiger partial charge in [-0.25, -0.2) is 0 Å². The van der Waals surface area contributed by atoms with E-state index in [0.29, 0.717) is 11.6 Å². The van der Waals surface area contributed by atoms with Gasteiger partial charge in [-0.2, -0.15) is 0 Å². The molecule has 1 unspecified atom stereocenters. The maximum absolute atomic E-state index is 6.21. The maximum Gasteiger partial charge on any atom is 0.0697 e. The van der Waals surface area contributed by atoms with Crippen LogP contribution in [-0.2, 0) is 4.74 Å². The van der Waals surface area contributed by atoms with Gasteiger partial charge >= 0.3 is 0 Å². The van der Waals surface area contributed by atoms with Gasteiger partial charge in [0.15, 0.2) is 0 Å². The topological polar surface area (TPSA) is 24.5 Å². The van der Waals surface area contributed by atoms with Gasteiger partial charge in [0.05, 0.1) is 5.60 Å². The third kappa shape index (κ3) is 2.90. The maximum atomic E-state index is 6.21. The van der Waals surface area contributed by atoms with Crippen LogP contribution in [0.25, 0.3) is 0 Å². The van der Waals surface area contributed by atoms with Crippen LogP contribution in [0.3, 0.4) is 0 Å². The molecule has 0 aromatic carbocycles. The average Bonchev–Trinajstić information content (AvgIpc) is 2.38. The van der Waals surface area contributed by atoms with Crippen LogP contribution in [0.2, 0.25) is 0 Å². The van der Waals surface area contributed by atoms with E-state index in [1.807, 2.05) is 0 Å². The number of nitrogens with one attached hydrogen (secondary N) is 1. The second kappa shape index (κ2) is 5.94. The summed E-state index contributed by atoms with van der Waals surface area (Å²) in [6.07, 6.45) is 13.3. The second-order valence-electron chi connectivity index (χ2n) is 7.64. The van der Waals surface area contributed by atoms with Crippen LogP contribution in [0.1, 0.15) is 64.2 Å². The molecule has 1 aliphatic heterocycles. The van der Waals surface area contributed by atoms with E-state index >= 15 is 0 Å². The summed E-state index contributed by atoms with van der Waals surface area (Å²) in [6.45, 7) is 2.13. The van der Waals surface area contributed by atoms with Crippen molar-refractivity contribution in [2.45, 2.75) is 81.4 Å². The lowest BCUT2D eigenvalue weighted by atomic mass is 9.74. The number of nitrogens with zero attached hydrogens (tertiary/aromatic N) is 1. The van der Waals surface area contributed by atoms with Crippen molar-refractivity contribution in [3.05, 3.63) is 0 Å². The monoisotopic (exact) mass is 280 g/mol. The van der Waals surface area contributed by atoms with E-state index in [4.69, 9.17) is 4.74 Å². The molecule has 0 amide bonds. The zero-order chi connectivity index (χ0) is 14.1. The van der Waals surface area contributed by atoms with Crippen molar-refractivity contribution < 1.29 is 4.74 Å². The lowest BCUT2D eigenvalue weighted by Crippen LogP contribution is -2.59. The molecular weight excluding hydrogens is 248 g/mol. The molecule has 3 fully saturated rings. The summed E-state index contributed by atoms with van der Waals surface area (Å²) in [7, 11) is 4.49. The summed E-state index contributed by atoms with van der Waals surface area (Å²) in [5.41, 5.74) is 0.678. The van der Waals surface area contributed by atoms with Crippen LogP contribution >= 0.6 is 0 Å². The fraction of sp³-hybridized carbons (Fsp3) is 1.00. The van der Waals surface area contributed by atoms with Gasteiger partial charge in [0.1, 0.15) is 0 Å². The molecule has 0 aromatic rings. The van der Waals surface area contributed by atoms with Crippen LogP contribution in [0.4, 0.5) is 0 Å². The van der Waals surface area contributed by atoms with Gasteiger partial charge in [-0.05, 0) is 59.0 Å². The van der Waals surface area contributed by atoms with Crippen molar-refractivity contribution in [3.8, 4) is 0 Å². The Balaban J connectivity index is 1.52. The molecule has 1 spiro atoms. The fourth-order valence-corrected chi connectivity index (χ4v) is 4.45. The van der Waals surface area contributed by atoms with E-state index in [-0.39, 0.29) is 5.60 Å². The Morgan fingerprint density at radius 1 is 1.05 bits per heavy atom. The largest absolute Gasteiger partial charge is 0.375 e. The molecular formula is C17H32N2O. The minimum Gasteiger partial charge on any atom is -0.375 e.